The van der Waals surface area contributed by atoms with Crippen LogP contribution in [0.5, 0.6) is 5.75 Å². The van der Waals surface area contributed by atoms with Gasteiger partial charge in [0.2, 0.25) is 0 Å². The van der Waals surface area contributed by atoms with Crippen LogP contribution in [0.2, 0.25) is 0 Å². The molecule has 0 saturated carbocycles. The van der Waals surface area contributed by atoms with Crippen molar-refractivity contribution in [1.29, 1.82) is 0 Å². The largest absolute Gasteiger partial charge is 0.490 e. The Morgan fingerprint density at radius 1 is 1.27 bits per heavy atom. The van der Waals surface area contributed by atoms with Crippen LogP contribution in [0.1, 0.15) is 24.2 Å². The van der Waals surface area contributed by atoms with Gasteiger partial charge in [0.25, 0.3) is 0 Å². The molecule has 0 aromatic heterocycles. The number of carbonyl (C=O) groups excluding carboxylic acids is 1. The SMILES string of the molecule is CC(C)Oc1ccccc1C(=O)C(Cl)Cl. The second-order valence-corrected chi connectivity index (χ2v) is 4.42. The summed E-state index contributed by atoms with van der Waals surface area (Å²) in [4.78, 5) is 10.5. The summed E-state index contributed by atoms with van der Waals surface area (Å²) in [5.74, 6) is 0.179. The van der Waals surface area contributed by atoms with E-state index in [1.54, 1.807) is 24.3 Å². The summed E-state index contributed by atoms with van der Waals surface area (Å²) in [7, 11) is 0. The predicted octanol–water partition coefficient (Wildman–Crippen LogP) is 3.46. The Balaban J connectivity index is 3.01. The Morgan fingerprint density at radius 2 is 1.87 bits per heavy atom. The van der Waals surface area contributed by atoms with Crippen molar-refractivity contribution in [3.05, 3.63) is 29.8 Å². The maximum Gasteiger partial charge on any atom is 0.199 e. The molecule has 0 aliphatic carbocycles. The molecule has 0 atom stereocenters. The molecule has 0 aliphatic heterocycles. The third kappa shape index (κ3) is 3.40. The topological polar surface area (TPSA) is 26.3 Å². The van der Waals surface area contributed by atoms with Gasteiger partial charge in [0.05, 0.1) is 11.7 Å². The molecule has 0 spiro atoms. The van der Waals surface area contributed by atoms with E-state index in [9.17, 15) is 4.79 Å². The maximum atomic E-state index is 11.6. The molecule has 0 radical (unpaired) electrons. The number of Topliss-reactive ketones (excluding diaryl/α,β-unsaturated/α-hetero) is 1. The van der Waals surface area contributed by atoms with E-state index in [1.165, 1.54) is 0 Å². The first-order chi connectivity index (χ1) is 7.02. The van der Waals surface area contributed by atoms with Gasteiger partial charge in [0, 0.05) is 0 Å². The van der Waals surface area contributed by atoms with Crippen molar-refractivity contribution < 1.29 is 9.53 Å². The van der Waals surface area contributed by atoms with E-state index in [2.05, 4.69) is 0 Å². The van der Waals surface area contributed by atoms with Crippen molar-refractivity contribution in [3.63, 3.8) is 0 Å². The van der Waals surface area contributed by atoms with E-state index in [4.69, 9.17) is 27.9 Å². The van der Waals surface area contributed by atoms with Crippen LogP contribution in [0.3, 0.4) is 0 Å². The molecular formula is C11H12Cl2O2. The fraction of sp³-hybridized carbons (Fsp3) is 0.364. The number of hydrogen-bond donors (Lipinski definition) is 0. The van der Waals surface area contributed by atoms with Crippen LogP contribution in [0, 0.1) is 0 Å². The highest BCUT2D eigenvalue weighted by atomic mass is 35.5. The lowest BCUT2D eigenvalue weighted by Crippen LogP contribution is -2.13. The van der Waals surface area contributed by atoms with E-state index in [0.717, 1.165) is 0 Å². The van der Waals surface area contributed by atoms with Gasteiger partial charge in [-0.3, -0.25) is 4.79 Å². The summed E-state index contributed by atoms with van der Waals surface area (Å²) < 4.78 is 5.48. The second kappa shape index (κ2) is 5.38. The van der Waals surface area contributed by atoms with Crippen molar-refractivity contribution in [2.45, 2.75) is 24.8 Å². The zero-order valence-electron chi connectivity index (χ0n) is 8.54. The molecule has 0 aliphatic rings. The smallest absolute Gasteiger partial charge is 0.199 e. The number of para-hydroxylation sites is 1. The Kier molecular flexibility index (Phi) is 4.43. The van der Waals surface area contributed by atoms with Crippen LogP contribution in [0.15, 0.2) is 24.3 Å². The Morgan fingerprint density at radius 3 is 2.40 bits per heavy atom. The summed E-state index contributed by atoms with van der Waals surface area (Å²) in [5.41, 5.74) is 0.418. The molecule has 0 fully saturated rings. The van der Waals surface area contributed by atoms with Gasteiger partial charge in [0.15, 0.2) is 10.6 Å². The summed E-state index contributed by atoms with van der Waals surface area (Å²) in [5, 5.41) is 0. The van der Waals surface area contributed by atoms with Crippen LogP contribution < -0.4 is 4.74 Å². The van der Waals surface area contributed by atoms with Gasteiger partial charge in [-0.1, -0.05) is 35.3 Å². The third-order valence-electron chi connectivity index (χ3n) is 1.71. The lowest BCUT2D eigenvalue weighted by molar-refractivity contribution is 0.100. The minimum atomic E-state index is -1.05. The zero-order chi connectivity index (χ0) is 11.4. The van der Waals surface area contributed by atoms with Crippen LogP contribution in [0.4, 0.5) is 0 Å². The average Bonchev–Trinajstić information content (AvgIpc) is 2.16. The molecule has 1 rings (SSSR count). The van der Waals surface area contributed by atoms with Gasteiger partial charge < -0.3 is 4.74 Å². The van der Waals surface area contributed by atoms with Crippen molar-refractivity contribution in [3.8, 4) is 5.75 Å². The number of ether oxygens (including phenoxy) is 1. The molecule has 0 heterocycles. The molecule has 2 nitrogen and oxygen atoms in total. The number of alkyl halides is 2. The highest BCUT2D eigenvalue weighted by molar-refractivity contribution is 6.55. The van der Waals surface area contributed by atoms with Gasteiger partial charge in [-0.2, -0.15) is 0 Å². The minimum Gasteiger partial charge on any atom is -0.490 e. The highest BCUT2D eigenvalue weighted by Crippen LogP contribution is 2.23. The Labute approximate surface area is 99.1 Å². The first-order valence-corrected chi connectivity index (χ1v) is 5.47. The molecule has 1 aromatic rings. The molecule has 15 heavy (non-hydrogen) atoms. The van der Waals surface area contributed by atoms with Gasteiger partial charge in [0.1, 0.15) is 5.75 Å². The maximum absolute atomic E-state index is 11.6. The van der Waals surface area contributed by atoms with Gasteiger partial charge >= 0.3 is 0 Å². The van der Waals surface area contributed by atoms with Crippen molar-refractivity contribution in [2.24, 2.45) is 0 Å². The highest BCUT2D eigenvalue weighted by Gasteiger charge is 2.18. The number of benzene rings is 1. The molecule has 4 heteroatoms. The molecule has 82 valence electrons. The minimum absolute atomic E-state index is 0.00283. The molecule has 1 aromatic carbocycles. The van der Waals surface area contributed by atoms with Crippen LogP contribution >= 0.6 is 23.2 Å². The Bertz CT molecular complexity index is 348. The van der Waals surface area contributed by atoms with Crippen LogP contribution in [-0.2, 0) is 0 Å². The lowest BCUT2D eigenvalue weighted by Gasteiger charge is -2.13. The van der Waals surface area contributed by atoms with E-state index >= 15 is 0 Å². The fourth-order valence-electron chi connectivity index (χ4n) is 1.14. The normalized spacial score (nSPS) is 10.8. The van der Waals surface area contributed by atoms with E-state index in [-0.39, 0.29) is 11.9 Å². The van der Waals surface area contributed by atoms with Crippen LogP contribution in [-0.4, -0.2) is 16.7 Å². The van der Waals surface area contributed by atoms with Gasteiger partial charge in [-0.05, 0) is 26.0 Å². The number of carbonyl (C=O) groups is 1. The standard InChI is InChI=1S/C11H12Cl2O2/c1-7(2)15-9-6-4-3-5-8(9)10(14)11(12)13/h3-7,11H,1-2H3. The van der Waals surface area contributed by atoms with E-state index in [1.807, 2.05) is 13.8 Å². The second-order valence-electron chi connectivity index (χ2n) is 3.33. The zero-order valence-corrected chi connectivity index (χ0v) is 10.0. The summed E-state index contributed by atoms with van der Waals surface area (Å²) in [6.45, 7) is 3.78. The number of hydrogen-bond acceptors (Lipinski definition) is 2. The quantitative estimate of drug-likeness (QED) is 0.601. The molecule has 0 N–H and O–H groups in total. The molecular weight excluding hydrogens is 235 g/mol. The van der Waals surface area contributed by atoms with Gasteiger partial charge in [-0.15, -0.1) is 0 Å². The number of halogens is 2. The molecule has 0 bridgehead atoms. The summed E-state index contributed by atoms with van der Waals surface area (Å²) in [6, 6.07) is 6.92. The molecule has 0 saturated heterocycles. The lowest BCUT2D eigenvalue weighted by atomic mass is 10.1. The van der Waals surface area contributed by atoms with E-state index < -0.39 is 4.84 Å². The number of rotatable bonds is 4. The van der Waals surface area contributed by atoms with Crippen LogP contribution in [0.25, 0.3) is 0 Å². The van der Waals surface area contributed by atoms with Crippen molar-refractivity contribution in [2.75, 3.05) is 0 Å². The molecule has 0 amide bonds. The monoisotopic (exact) mass is 246 g/mol. The predicted molar refractivity (Wildman–Crippen MR) is 62.0 cm³/mol. The molecule has 0 unspecified atom stereocenters. The first kappa shape index (κ1) is 12.3. The van der Waals surface area contributed by atoms with Crippen molar-refractivity contribution >= 4 is 29.0 Å². The van der Waals surface area contributed by atoms with Gasteiger partial charge in [-0.25, -0.2) is 0 Å². The summed E-state index contributed by atoms with van der Waals surface area (Å²) in [6.07, 6.45) is 0.00283. The number of ketones is 1. The third-order valence-corrected chi connectivity index (χ3v) is 2.11. The fourth-order valence-corrected chi connectivity index (χ4v) is 1.38. The van der Waals surface area contributed by atoms with Crippen molar-refractivity contribution in [1.82, 2.24) is 0 Å². The first-order valence-electron chi connectivity index (χ1n) is 4.60. The summed E-state index contributed by atoms with van der Waals surface area (Å²) >= 11 is 11.1. The average molecular weight is 247 g/mol. The van der Waals surface area contributed by atoms with E-state index in [0.29, 0.717) is 11.3 Å². The Hall–Kier alpha value is -0.730.